The van der Waals surface area contributed by atoms with Gasteiger partial charge in [0.2, 0.25) is 6.41 Å². The molecule has 1 unspecified atom stereocenters. The Balaban J connectivity index is 1.65. The molecule has 1 saturated heterocycles. The van der Waals surface area contributed by atoms with Crippen molar-refractivity contribution in [2.75, 3.05) is 32.7 Å². The molecule has 1 atom stereocenters. The predicted octanol–water partition coefficient (Wildman–Crippen LogP) is -0.118. The van der Waals surface area contributed by atoms with E-state index in [0.29, 0.717) is 25.5 Å². The first-order valence-corrected chi connectivity index (χ1v) is 6.73. The van der Waals surface area contributed by atoms with Crippen molar-refractivity contribution < 1.29 is 9.59 Å². The number of hydrogen-bond acceptors (Lipinski definition) is 4. The van der Waals surface area contributed by atoms with Gasteiger partial charge in [0, 0.05) is 26.2 Å². The summed E-state index contributed by atoms with van der Waals surface area (Å²) in [6.07, 6.45) is 8.30. The van der Waals surface area contributed by atoms with E-state index in [-0.39, 0.29) is 11.8 Å². The Morgan fingerprint density at radius 1 is 1.20 bits per heavy atom. The van der Waals surface area contributed by atoms with Crippen molar-refractivity contribution in [3.8, 4) is 0 Å². The van der Waals surface area contributed by atoms with Gasteiger partial charge in [-0.2, -0.15) is 4.99 Å². The number of piperazine rings is 1. The molecule has 6 heteroatoms. The van der Waals surface area contributed by atoms with Gasteiger partial charge in [-0.25, -0.2) is 4.99 Å². The van der Waals surface area contributed by atoms with Crippen LogP contribution in [-0.4, -0.2) is 66.4 Å². The second-order valence-electron chi connectivity index (χ2n) is 5.04. The number of rotatable bonds is 3. The second kappa shape index (κ2) is 5.50. The summed E-state index contributed by atoms with van der Waals surface area (Å²) in [5.41, 5.74) is 0.772. The average molecular weight is 272 g/mol. The lowest BCUT2D eigenvalue weighted by molar-refractivity contribution is -0.119. The first-order chi connectivity index (χ1) is 9.76. The van der Waals surface area contributed by atoms with Gasteiger partial charge < -0.3 is 4.90 Å². The molecule has 0 radical (unpaired) electrons. The van der Waals surface area contributed by atoms with Gasteiger partial charge in [-0.15, -0.1) is 0 Å². The minimum Gasteiger partial charge on any atom is -0.343 e. The van der Waals surface area contributed by atoms with E-state index in [4.69, 9.17) is 0 Å². The SMILES string of the molecule is O=CN1CCN(CC2=NC(=O)C3C=CC=CC3=N2)CC1. The quantitative estimate of drug-likeness (QED) is 0.673. The van der Waals surface area contributed by atoms with E-state index in [1.165, 1.54) is 0 Å². The largest absolute Gasteiger partial charge is 0.343 e. The molecule has 2 amide bonds. The van der Waals surface area contributed by atoms with Gasteiger partial charge in [-0.1, -0.05) is 18.2 Å². The molecule has 2 heterocycles. The molecule has 3 aliphatic rings. The Labute approximate surface area is 117 Å². The van der Waals surface area contributed by atoms with E-state index >= 15 is 0 Å². The number of carbonyl (C=O) groups excluding carboxylic acids is 2. The number of nitrogens with zero attached hydrogens (tertiary/aromatic N) is 4. The van der Waals surface area contributed by atoms with Crippen molar-refractivity contribution in [3.05, 3.63) is 24.3 Å². The van der Waals surface area contributed by atoms with Crippen LogP contribution in [0.1, 0.15) is 0 Å². The smallest absolute Gasteiger partial charge is 0.260 e. The number of allylic oxidation sites excluding steroid dienone is 3. The minimum absolute atomic E-state index is 0.142. The lowest BCUT2D eigenvalue weighted by Gasteiger charge is -2.32. The van der Waals surface area contributed by atoms with E-state index in [9.17, 15) is 9.59 Å². The third-order valence-electron chi connectivity index (χ3n) is 3.68. The number of amidine groups is 1. The van der Waals surface area contributed by atoms with Gasteiger partial charge in [-0.05, 0) is 6.08 Å². The molecular formula is C14H16N4O2. The first-order valence-electron chi connectivity index (χ1n) is 6.73. The Bertz CT molecular complexity index is 539. The monoisotopic (exact) mass is 272 g/mol. The predicted molar refractivity (Wildman–Crippen MR) is 75.7 cm³/mol. The summed E-state index contributed by atoms with van der Waals surface area (Å²) >= 11 is 0. The maximum Gasteiger partial charge on any atom is 0.260 e. The molecule has 0 aromatic heterocycles. The summed E-state index contributed by atoms with van der Waals surface area (Å²) in [4.78, 5) is 35.1. The molecule has 0 aromatic carbocycles. The van der Waals surface area contributed by atoms with Crippen molar-refractivity contribution in [2.45, 2.75) is 0 Å². The lowest BCUT2D eigenvalue weighted by Crippen LogP contribution is -2.47. The van der Waals surface area contributed by atoms with E-state index in [1.54, 1.807) is 4.90 Å². The molecule has 0 saturated carbocycles. The highest BCUT2D eigenvalue weighted by Gasteiger charge is 2.27. The summed E-state index contributed by atoms with van der Waals surface area (Å²) in [7, 11) is 0. The minimum atomic E-state index is -0.310. The van der Waals surface area contributed by atoms with E-state index in [1.807, 2.05) is 24.3 Å². The van der Waals surface area contributed by atoms with E-state index < -0.39 is 0 Å². The molecule has 6 nitrogen and oxygen atoms in total. The first kappa shape index (κ1) is 12.9. The number of amides is 2. The topological polar surface area (TPSA) is 65.3 Å². The Morgan fingerprint density at radius 2 is 2.00 bits per heavy atom. The van der Waals surface area contributed by atoms with Crippen molar-refractivity contribution in [1.82, 2.24) is 9.80 Å². The molecule has 0 aromatic rings. The molecule has 0 N–H and O–H groups in total. The zero-order valence-electron chi connectivity index (χ0n) is 11.1. The number of fused-ring (bicyclic) bond motifs is 1. The van der Waals surface area contributed by atoms with Crippen LogP contribution in [0.15, 0.2) is 34.3 Å². The van der Waals surface area contributed by atoms with Gasteiger partial charge in [-0.3, -0.25) is 14.5 Å². The maximum atomic E-state index is 12.0. The van der Waals surface area contributed by atoms with Crippen LogP contribution in [-0.2, 0) is 9.59 Å². The van der Waals surface area contributed by atoms with Crippen molar-refractivity contribution >= 4 is 23.9 Å². The maximum absolute atomic E-state index is 12.0. The number of aliphatic imine (C=N–C) groups is 2. The van der Waals surface area contributed by atoms with Gasteiger partial charge in [0.1, 0.15) is 11.8 Å². The molecule has 0 bridgehead atoms. The average Bonchev–Trinajstić information content (AvgIpc) is 2.48. The highest BCUT2D eigenvalue weighted by Crippen LogP contribution is 2.16. The third kappa shape index (κ3) is 2.60. The molecule has 1 fully saturated rings. The second-order valence-corrected chi connectivity index (χ2v) is 5.04. The van der Waals surface area contributed by atoms with Crippen LogP contribution in [0, 0.1) is 5.92 Å². The van der Waals surface area contributed by atoms with Gasteiger partial charge in [0.05, 0.1) is 12.3 Å². The highest BCUT2D eigenvalue weighted by atomic mass is 16.1. The normalized spacial score (nSPS) is 26.1. The van der Waals surface area contributed by atoms with Crippen LogP contribution < -0.4 is 0 Å². The molecule has 3 rings (SSSR count). The summed E-state index contributed by atoms with van der Waals surface area (Å²) in [6, 6.07) is 0. The van der Waals surface area contributed by atoms with Crippen LogP contribution >= 0.6 is 0 Å². The third-order valence-corrected chi connectivity index (χ3v) is 3.68. The lowest BCUT2D eigenvalue weighted by atomic mass is 9.96. The Morgan fingerprint density at radius 3 is 2.75 bits per heavy atom. The highest BCUT2D eigenvalue weighted by molar-refractivity contribution is 6.21. The van der Waals surface area contributed by atoms with Gasteiger partial charge >= 0.3 is 0 Å². The van der Waals surface area contributed by atoms with Crippen LogP contribution in [0.2, 0.25) is 0 Å². The van der Waals surface area contributed by atoms with Crippen LogP contribution in [0.3, 0.4) is 0 Å². The van der Waals surface area contributed by atoms with E-state index in [0.717, 1.165) is 25.2 Å². The number of carbonyl (C=O) groups is 2. The molecule has 2 aliphatic heterocycles. The Hall–Kier alpha value is -2.08. The zero-order valence-corrected chi connectivity index (χ0v) is 11.1. The van der Waals surface area contributed by atoms with Gasteiger partial charge in [0.25, 0.3) is 5.91 Å². The zero-order chi connectivity index (χ0) is 13.9. The fourth-order valence-corrected chi connectivity index (χ4v) is 2.52. The van der Waals surface area contributed by atoms with Crippen LogP contribution in [0.5, 0.6) is 0 Å². The summed E-state index contributed by atoms with van der Waals surface area (Å²) < 4.78 is 0. The number of hydrogen-bond donors (Lipinski definition) is 0. The van der Waals surface area contributed by atoms with Crippen LogP contribution in [0.4, 0.5) is 0 Å². The van der Waals surface area contributed by atoms with E-state index in [2.05, 4.69) is 14.9 Å². The van der Waals surface area contributed by atoms with Crippen molar-refractivity contribution in [2.24, 2.45) is 15.9 Å². The van der Waals surface area contributed by atoms with Crippen LogP contribution in [0.25, 0.3) is 0 Å². The molecule has 104 valence electrons. The molecular weight excluding hydrogens is 256 g/mol. The molecule has 0 spiro atoms. The Kier molecular flexibility index (Phi) is 3.56. The van der Waals surface area contributed by atoms with Crippen molar-refractivity contribution in [1.29, 1.82) is 0 Å². The van der Waals surface area contributed by atoms with Gasteiger partial charge in [0.15, 0.2) is 0 Å². The standard InChI is InChI=1S/C14H16N4O2/c19-10-18-7-5-17(6-8-18)9-13-15-12-4-2-1-3-11(12)14(20)16-13/h1-4,10-11H,5-9H2. The molecule has 20 heavy (non-hydrogen) atoms. The fourth-order valence-electron chi connectivity index (χ4n) is 2.52. The fraction of sp³-hybridized carbons (Fsp3) is 0.429. The summed E-state index contributed by atoms with van der Waals surface area (Å²) in [5.74, 6) is 0.119. The van der Waals surface area contributed by atoms with Crippen molar-refractivity contribution in [3.63, 3.8) is 0 Å². The molecule has 1 aliphatic carbocycles. The summed E-state index contributed by atoms with van der Waals surface area (Å²) in [5, 5.41) is 0. The summed E-state index contributed by atoms with van der Waals surface area (Å²) in [6.45, 7) is 3.57.